The minimum atomic E-state index is 0. The van der Waals surface area contributed by atoms with Crippen molar-refractivity contribution in [1.29, 1.82) is 0 Å². The first-order valence-corrected chi connectivity index (χ1v) is 8.51. The van der Waals surface area contributed by atoms with Crippen molar-refractivity contribution in [2.75, 3.05) is 7.05 Å². The molecule has 1 aromatic carbocycles. The Kier molecular flexibility index (Phi) is 6.30. The largest absolute Gasteiger partial charge is 0.337 e. The van der Waals surface area contributed by atoms with Gasteiger partial charge in [0, 0.05) is 30.6 Å². The quantitative estimate of drug-likeness (QED) is 0.861. The second-order valence-electron chi connectivity index (χ2n) is 7.02. The zero-order valence-corrected chi connectivity index (χ0v) is 16.2. The summed E-state index contributed by atoms with van der Waals surface area (Å²) in [4.78, 5) is 19.4. The lowest BCUT2D eigenvalue weighted by atomic mass is 9.98. The van der Waals surface area contributed by atoms with Gasteiger partial charge in [0.05, 0.1) is 5.52 Å². The van der Waals surface area contributed by atoms with Crippen molar-refractivity contribution in [1.82, 2.24) is 15.2 Å². The van der Waals surface area contributed by atoms with Crippen LogP contribution in [0.4, 0.5) is 0 Å². The van der Waals surface area contributed by atoms with E-state index in [0.29, 0.717) is 23.8 Å². The smallest absolute Gasteiger partial charge is 0.272 e. The molecule has 2 aromatic rings. The fraction of sp³-hybridized carbons (Fsp3) is 0.474. The van der Waals surface area contributed by atoms with Crippen LogP contribution in [-0.4, -0.2) is 41.0 Å². The molecule has 4 rings (SSSR count). The van der Waals surface area contributed by atoms with Crippen LogP contribution in [0.3, 0.4) is 0 Å². The summed E-state index contributed by atoms with van der Waals surface area (Å²) in [5, 5.41) is 4.75. The molecule has 0 aliphatic carbocycles. The number of aryl methyl sites for hydroxylation is 1. The van der Waals surface area contributed by atoms with Crippen molar-refractivity contribution >= 4 is 41.6 Å². The van der Waals surface area contributed by atoms with Gasteiger partial charge in [-0.1, -0.05) is 18.2 Å². The second kappa shape index (κ2) is 7.90. The summed E-state index contributed by atoms with van der Waals surface area (Å²) in [6.07, 6.45) is 4.61. The van der Waals surface area contributed by atoms with Gasteiger partial charge in [0.2, 0.25) is 0 Å². The standard InChI is InChI=1S/C19H23N3O.2ClH/c1-12-9-18(21-17-6-4-3-5-16(12)17)19(23)22(2)15-10-13-7-8-14(11-15)20-13;;/h3-6,9,13-15,20H,7-8,10-11H2,1-2H3;2*1H. The van der Waals surface area contributed by atoms with E-state index in [4.69, 9.17) is 0 Å². The summed E-state index contributed by atoms with van der Waals surface area (Å²) in [6, 6.07) is 11.4. The molecule has 0 spiro atoms. The number of halogens is 2. The molecular weight excluding hydrogens is 357 g/mol. The van der Waals surface area contributed by atoms with Crippen molar-refractivity contribution in [2.45, 2.75) is 50.7 Å². The average molecular weight is 382 g/mol. The summed E-state index contributed by atoms with van der Waals surface area (Å²) in [7, 11) is 1.93. The Morgan fingerprint density at radius 3 is 2.48 bits per heavy atom. The molecule has 2 fully saturated rings. The third kappa shape index (κ3) is 3.76. The number of hydrogen-bond acceptors (Lipinski definition) is 3. The number of piperidine rings is 1. The molecule has 25 heavy (non-hydrogen) atoms. The van der Waals surface area contributed by atoms with E-state index in [1.54, 1.807) is 0 Å². The van der Waals surface area contributed by atoms with Gasteiger partial charge < -0.3 is 10.2 Å². The van der Waals surface area contributed by atoms with Gasteiger partial charge in [-0.2, -0.15) is 0 Å². The highest BCUT2D eigenvalue weighted by molar-refractivity contribution is 5.96. The number of hydrogen-bond donors (Lipinski definition) is 1. The number of nitrogens with one attached hydrogen (secondary N) is 1. The minimum absolute atomic E-state index is 0. The van der Waals surface area contributed by atoms with Gasteiger partial charge in [0.1, 0.15) is 5.69 Å². The van der Waals surface area contributed by atoms with Crippen molar-refractivity contribution in [3.05, 3.63) is 41.6 Å². The molecule has 2 bridgehead atoms. The zero-order chi connectivity index (χ0) is 16.0. The van der Waals surface area contributed by atoms with Gasteiger partial charge >= 0.3 is 0 Å². The zero-order valence-electron chi connectivity index (χ0n) is 14.6. The SMILES string of the molecule is Cc1cc(C(=O)N(C)C2CC3CCC(C2)N3)nc2ccccc12.Cl.Cl. The number of para-hydroxylation sites is 1. The van der Waals surface area contributed by atoms with Crippen molar-refractivity contribution < 1.29 is 4.79 Å². The van der Waals surface area contributed by atoms with Gasteiger partial charge in [-0.05, 0) is 50.3 Å². The Bertz CT molecular complexity index is 755. The first-order chi connectivity index (χ1) is 11.1. The molecule has 2 aliphatic rings. The van der Waals surface area contributed by atoms with Crippen LogP contribution in [0.25, 0.3) is 10.9 Å². The van der Waals surface area contributed by atoms with Crippen LogP contribution in [0.15, 0.2) is 30.3 Å². The normalized spacial score (nSPS) is 24.3. The molecule has 2 aliphatic heterocycles. The Morgan fingerprint density at radius 1 is 1.16 bits per heavy atom. The van der Waals surface area contributed by atoms with E-state index in [-0.39, 0.29) is 30.7 Å². The van der Waals surface area contributed by atoms with E-state index in [9.17, 15) is 4.79 Å². The lowest BCUT2D eigenvalue weighted by Gasteiger charge is -2.35. The van der Waals surface area contributed by atoms with Crippen molar-refractivity contribution in [2.24, 2.45) is 0 Å². The van der Waals surface area contributed by atoms with Gasteiger partial charge in [-0.25, -0.2) is 4.98 Å². The fourth-order valence-electron chi connectivity index (χ4n) is 4.15. The van der Waals surface area contributed by atoms with Crippen LogP contribution in [0.5, 0.6) is 0 Å². The highest BCUT2D eigenvalue weighted by Crippen LogP contribution is 2.30. The summed E-state index contributed by atoms with van der Waals surface area (Å²) >= 11 is 0. The summed E-state index contributed by atoms with van der Waals surface area (Å²) in [6.45, 7) is 2.05. The first-order valence-electron chi connectivity index (χ1n) is 8.51. The number of carbonyl (C=O) groups excluding carboxylic acids is 1. The maximum atomic E-state index is 12.9. The van der Waals surface area contributed by atoms with E-state index in [2.05, 4.69) is 16.4 Å². The molecule has 6 heteroatoms. The third-order valence-electron chi connectivity index (χ3n) is 5.46. The number of fused-ring (bicyclic) bond motifs is 3. The molecule has 2 unspecified atom stereocenters. The first kappa shape index (κ1) is 20.0. The molecule has 2 saturated heterocycles. The summed E-state index contributed by atoms with van der Waals surface area (Å²) in [5.41, 5.74) is 2.57. The van der Waals surface area contributed by atoms with Crippen molar-refractivity contribution in [3.8, 4) is 0 Å². The molecule has 2 atom stereocenters. The molecular formula is C19H25Cl2N3O. The number of amides is 1. The average Bonchev–Trinajstić information content (AvgIpc) is 2.91. The van der Waals surface area contributed by atoms with Gasteiger partial charge in [0.25, 0.3) is 5.91 Å². The molecule has 0 saturated carbocycles. The highest BCUT2D eigenvalue weighted by atomic mass is 35.5. The van der Waals surface area contributed by atoms with E-state index in [1.165, 1.54) is 12.8 Å². The van der Waals surface area contributed by atoms with Gasteiger partial charge in [0.15, 0.2) is 0 Å². The van der Waals surface area contributed by atoms with Crippen LogP contribution in [0.1, 0.15) is 41.7 Å². The maximum absolute atomic E-state index is 12.9. The van der Waals surface area contributed by atoms with Crippen molar-refractivity contribution in [3.63, 3.8) is 0 Å². The van der Waals surface area contributed by atoms with E-state index >= 15 is 0 Å². The minimum Gasteiger partial charge on any atom is -0.337 e. The Labute approximate surface area is 161 Å². The highest BCUT2D eigenvalue weighted by Gasteiger charge is 2.36. The summed E-state index contributed by atoms with van der Waals surface area (Å²) in [5.74, 6) is 0.0464. The lowest BCUT2D eigenvalue weighted by Crippen LogP contribution is -2.48. The number of rotatable bonds is 2. The molecule has 3 heterocycles. The van der Waals surface area contributed by atoms with Crippen LogP contribution in [0, 0.1) is 6.92 Å². The predicted molar refractivity (Wildman–Crippen MR) is 106 cm³/mol. The number of pyridine rings is 1. The van der Waals surface area contributed by atoms with Crippen LogP contribution in [-0.2, 0) is 0 Å². The second-order valence-corrected chi connectivity index (χ2v) is 7.02. The molecule has 1 N–H and O–H groups in total. The van der Waals surface area contributed by atoms with E-state index in [1.807, 2.05) is 43.1 Å². The molecule has 136 valence electrons. The number of benzene rings is 1. The summed E-state index contributed by atoms with van der Waals surface area (Å²) < 4.78 is 0. The maximum Gasteiger partial charge on any atom is 0.272 e. The molecule has 4 nitrogen and oxygen atoms in total. The van der Waals surface area contributed by atoms with Gasteiger partial charge in [-0.15, -0.1) is 24.8 Å². The Balaban J connectivity index is 0.00000113. The van der Waals surface area contributed by atoms with Crippen LogP contribution >= 0.6 is 24.8 Å². The van der Waals surface area contributed by atoms with Crippen LogP contribution in [0.2, 0.25) is 0 Å². The number of carbonyl (C=O) groups is 1. The topological polar surface area (TPSA) is 45.2 Å². The fourth-order valence-corrected chi connectivity index (χ4v) is 4.15. The van der Waals surface area contributed by atoms with E-state index < -0.39 is 0 Å². The van der Waals surface area contributed by atoms with E-state index in [0.717, 1.165) is 29.3 Å². The lowest BCUT2D eigenvalue weighted by molar-refractivity contribution is 0.0676. The molecule has 1 amide bonds. The third-order valence-corrected chi connectivity index (χ3v) is 5.46. The Hall–Kier alpha value is -1.36. The predicted octanol–water partition coefficient (Wildman–Crippen LogP) is 3.74. The monoisotopic (exact) mass is 381 g/mol. The molecule has 1 aromatic heterocycles. The molecule has 0 radical (unpaired) electrons. The number of nitrogens with zero attached hydrogens (tertiary/aromatic N) is 2. The number of aromatic nitrogens is 1. The van der Waals surface area contributed by atoms with Crippen LogP contribution < -0.4 is 5.32 Å². The van der Waals surface area contributed by atoms with Gasteiger partial charge in [-0.3, -0.25) is 4.79 Å². The Morgan fingerprint density at radius 2 is 1.80 bits per heavy atom.